The van der Waals surface area contributed by atoms with Crippen molar-refractivity contribution in [3.05, 3.63) is 87.9 Å². The zero-order chi connectivity index (χ0) is 28.2. The van der Waals surface area contributed by atoms with Crippen LogP contribution in [0.2, 0.25) is 10.0 Å². The fourth-order valence-corrected chi connectivity index (χ4v) is 3.96. The van der Waals surface area contributed by atoms with E-state index in [1.54, 1.807) is 44.4 Å². The maximum atomic E-state index is 13.1. The molecule has 0 spiro atoms. The van der Waals surface area contributed by atoms with Gasteiger partial charge in [0.15, 0.2) is 17.6 Å². The molecule has 0 aliphatic carbocycles. The van der Waals surface area contributed by atoms with Crippen LogP contribution in [0.4, 0.5) is 0 Å². The Bertz CT molecular complexity index is 1290. The number of carbonyl (C=O) groups excluding carboxylic acids is 2. The van der Waals surface area contributed by atoms with Crippen LogP contribution >= 0.6 is 23.2 Å². The van der Waals surface area contributed by atoms with Gasteiger partial charge >= 0.3 is 0 Å². The maximum Gasteiger partial charge on any atom is 0.262 e. The highest BCUT2D eigenvalue weighted by molar-refractivity contribution is 6.35. The third-order valence-electron chi connectivity index (χ3n) is 5.52. The molecule has 39 heavy (non-hydrogen) atoms. The molecule has 0 aliphatic rings. The number of amides is 2. The summed E-state index contributed by atoms with van der Waals surface area (Å²) in [6, 6.07) is 18.5. The average molecular weight is 572 g/mol. The van der Waals surface area contributed by atoms with E-state index in [0.717, 1.165) is 12.0 Å². The van der Waals surface area contributed by atoms with Crippen LogP contribution in [-0.2, 0) is 16.0 Å². The Morgan fingerprint density at radius 2 is 1.72 bits per heavy atom. The summed E-state index contributed by atoms with van der Waals surface area (Å²) >= 11 is 12.1. The molecule has 0 fully saturated rings. The first-order valence-electron chi connectivity index (χ1n) is 12.4. The van der Waals surface area contributed by atoms with Gasteiger partial charge in [0.05, 0.1) is 25.0 Å². The zero-order valence-corrected chi connectivity index (χ0v) is 23.5. The standard InChI is InChI=1S/C29H31Cl2N3O5/c1-4-14-38-26-12-10-21(16-27(26)37-3)18-32-34-29(36)24(15-20-8-6-5-7-9-20)33-28(35)19(2)39-25-13-11-22(30)17-23(25)31/h5-13,16-19,24H,4,14-15H2,1-3H3,(H,33,35)(H,34,36)/b32-18-/t19-,24-/m0/s1. The lowest BCUT2D eigenvalue weighted by molar-refractivity contribution is -0.132. The monoisotopic (exact) mass is 571 g/mol. The molecule has 0 aromatic heterocycles. The number of ether oxygens (including phenoxy) is 3. The van der Waals surface area contributed by atoms with Gasteiger partial charge in [-0.2, -0.15) is 5.10 Å². The Kier molecular flexibility index (Phi) is 11.5. The van der Waals surface area contributed by atoms with Crippen LogP contribution in [0.15, 0.2) is 71.8 Å². The summed E-state index contributed by atoms with van der Waals surface area (Å²) in [5.74, 6) is 0.507. The van der Waals surface area contributed by atoms with Crippen LogP contribution in [0.25, 0.3) is 0 Å². The molecule has 0 radical (unpaired) electrons. The van der Waals surface area contributed by atoms with Crippen molar-refractivity contribution in [3.63, 3.8) is 0 Å². The van der Waals surface area contributed by atoms with E-state index in [0.29, 0.717) is 34.4 Å². The van der Waals surface area contributed by atoms with Crippen molar-refractivity contribution >= 4 is 41.2 Å². The lowest BCUT2D eigenvalue weighted by Gasteiger charge is -2.21. The van der Waals surface area contributed by atoms with Crippen molar-refractivity contribution in [2.24, 2.45) is 5.10 Å². The first-order valence-corrected chi connectivity index (χ1v) is 13.2. The van der Waals surface area contributed by atoms with Gasteiger partial charge in [0.25, 0.3) is 11.8 Å². The highest BCUT2D eigenvalue weighted by Gasteiger charge is 2.25. The predicted octanol–water partition coefficient (Wildman–Crippen LogP) is 5.44. The Labute approximate surface area is 238 Å². The average Bonchev–Trinajstić information content (AvgIpc) is 2.93. The highest BCUT2D eigenvalue weighted by Crippen LogP contribution is 2.29. The molecular weight excluding hydrogens is 541 g/mol. The minimum absolute atomic E-state index is 0.250. The first-order chi connectivity index (χ1) is 18.8. The molecule has 10 heteroatoms. The summed E-state index contributed by atoms with van der Waals surface area (Å²) in [6.07, 6.45) is 1.68. The van der Waals surface area contributed by atoms with Crippen molar-refractivity contribution < 1.29 is 23.8 Å². The lowest BCUT2D eigenvalue weighted by atomic mass is 10.1. The van der Waals surface area contributed by atoms with Gasteiger partial charge in [-0.1, -0.05) is 60.5 Å². The Morgan fingerprint density at radius 1 is 0.974 bits per heavy atom. The van der Waals surface area contributed by atoms with E-state index in [4.69, 9.17) is 37.4 Å². The van der Waals surface area contributed by atoms with Gasteiger partial charge in [-0.05, 0) is 60.9 Å². The van der Waals surface area contributed by atoms with Gasteiger partial charge in [0.1, 0.15) is 11.8 Å². The number of halogens is 2. The maximum absolute atomic E-state index is 13.1. The molecule has 0 saturated carbocycles. The summed E-state index contributed by atoms with van der Waals surface area (Å²) in [5.41, 5.74) is 4.07. The minimum atomic E-state index is -0.931. The number of carbonyl (C=O) groups is 2. The number of benzene rings is 3. The number of methoxy groups -OCH3 is 1. The van der Waals surface area contributed by atoms with Gasteiger partial charge in [-0.25, -0.2) is 5.43 Å². The second-order valence-corrected chi connectivity index (χ2v) is 9.42. The van der Waals surface area contributed by atoms with E-state index in [-0.39, 0.29) is 11.4 Å². The van der Waals surface area contributed by atoms with Gasteiger partial charge in [0, 0.05) is 11.4 Å². The van der Waals surface area contributed by atoms with E-state index < -0.39 is 24.0 Å². The molecule has 0 saturated heterocycles. The molecule has 3 rings (SSSR count). The molecule has 0 aliphatic heterocycles. The molecule has 206 valence electrons. The molecule has 8 nitrogen and oxygen atoms in total. The van der Waals surface area contributed by atoms with Crippen LogP contribution in [-0.4, -0.2) is 43.9 Å². The van der Waals surface area contributed by atoms with Crippen LogP contribution in [0.3, 0.4) is 0 Å². The molecule has 2 N–H and O–H groups in total. The van der Waals surface area contributed by atoms with E-state index in [1.165, 1.54) is 12.3 Å². The highest BCUT2D eigenvalue weighted by atomic mass is 35.5. The van der Waals surface area contributed by atoms with Crippen LogP contribution in [0, 0.1) is 0 Å². The Hall–Kier alpha value is -3.75. The van der Waals surface area contributed by atoms with Crippen molar-refractivity contribution in [2.75, 3.05) is 13.7 Å². The smallest absolute Gasteiger partial charge is 0.262 e. The summed E-state index contributed by atoms with van der Waals surface area (Å²) < 4.78 is 16.8. The van der Waals surface area contributed by atoms with Crippen molar-refractivity contribution in [1.29, 1.82) is 0 Å². The fraction of sp³-hybridized carbons (Fsp3) is 0.276. The Balaban J connectivity index is 1.68. The van der Waals surface area contributed by atoms with Gasteiger partial charge in [0.2, 0.25) is 0 Å². The molecule has 3 aromatic rings. The molecule has 3 aromatic carbocycles. The van der Waals surface area contributed by atoms with E-state index in [1.807, 2.05) is 37.3 Å². The third-order valence-corrected chi connectivity index (χ3v) is 6.05. The molecular formula is C29H31Cl2N3O5. The lowest BCUT2D eigenvalue weighted by Crippen LogP contribution is -2.50. The van der Waals surface area contributed by atoms with Crippen molar-refractivity contribution in [2.45, 2.75) is 38.8 Å². The third kappa shape index (κ3) is 9.19. The quantitative estimate of drug-likeness (QED) is 0.210. The Morgan fingerprint density at radius 3 is 2.41 bits per heavy atom. The van der Waals surface area contributed by atoms with E-state index >= 15 is 0 Å². The predicted molar refractivity (Wildman–Crippen MR) is 153 cm³/mol. The molecule has 0 unspecified atom stereocenters. The summed E-state index contributed by atoms with van der Waals surface area (Å²) in [7, 11) is 1.55. The van der Waals surface area contributed by atoms with Crippen molar-refractivity contribution in [3.8, 4) is 17.2 Å². The second kappa shape index (κ2) is 15.0. The second-order valence-electron chi connectivity index (χ2n) is 8.58. The van der Waals surface area contributed by atoms with Crippen molar-refractivity contribution in [1.82, 2.24) is 10.7 Å². The normalized spacial score (nSPS) is 12.4. The van der Waals surface area contributed by atoms with E-state index in [9.17, 15) is 9.59 Å². The number of nitrogens with zero attached hydrogens (tertiary/aromatic N) is 1. The SMILES string of the molecule is CCCOc1ccc(/C=N\NC(=O)[C@H](Cc2ccccc2)NC(=O)[C@H](C)Oc2ccc(Cl)cc2Cl)cc1OC. The van der Waals surface area contributed by atoms with Gasteiger partial charge < -0.3 is 19.5 Å². The summed E-state index contributed by atoms with van der Waals surface area (Å²) in [5, 5.41) is 7.55. The number of hydrogen-bond acceptors (Lipinski definition) is 6. The zero-order valence-electron chi connectivity index (χ0n) is 21.9. The number of hydrazone groups is 1. The van der Waals surface area contributed by atoms with Crippen LogP contribution in [0.5, 0.6) is 17.2 Å². The van der Waals surface area contributed by atoms with Gasteiger partial charge in [-0.3, -0.25) is 9.59 Å². The largest absolute Gasteiger partial charge is 0.493 e. The van der Waals surface area contributed by atoms with Gasteiger partial charge in [-0.15, -0.1) is 0 Å². The molecule has 2 atom stereocenters. The number of nitrogens with one attached hydrogen (secondary N) is 2. The molecule has 0 bridgehead atoms. The molecule has 2 amide bonds. The topological polar surface area (TPSA) is 98.2 Å². The van der Waals surface area contributed by atoms with Crippen LogP contribution < -0.4 is 25.0 Å². The number of hydrogen-bond donors (Lipinski definition) is 2. The summed E-state index contributed by atoms with van der Waals surface area (Å²) in [6.45, 7) is 4.16. The number of rotatable bonds is 13. The fourth-order valence-electron chi connectivity index (χ4n) is 3.51. The first kappa shape index (κ1) is 29.8. The van der Waals surface area contributed by atoms with Crippen LogP contribution in [0.1, 0.15) is 31.4 Å². The summed E-state index contributed by atoms with van der Waals surface area (Å²) in [4.78, 5) is 26.0. The van der Waals surface area contributed by atoms with E-state index in [2.05, 4.69) is 15.8 Å². The molecule has 0 heterocycles. The minimum Gasteiger partial charge on any atom is -0.493 e.